The monoisotopic (exact) mass is 275 g/mol. The lowest BCUT2D eigenvalue weighted by Gasteiger charge is -2.04. The van der Waals surface area contributed by atoms with Gasteiger partial charge < -0.3 is 14.6 Å². The molecule has 108 valence electrons. The highest BCUT2D eigenvalue weighted by Crippen LogP contribution is 2.14. The van der Waals surface area contributed by atoms with Crippen molar-refractivity contribution >= 4 is 0 Å². The molecule has 5 nitrogen and oxygen atoms in total. The highest BCUT2D eigenvalue weighted by atomic mass is 16.5. The molecule has 0 atom stereocenters. The molecular formula is C15H21N3O2. The van der Waals surface area contributed by atoms with Crippen LogP contribution in [0.5, 0.6) is 5.75 Å². The molecule has 2 aromatic rings. The van der Waals surface area contributed by atoms with Crippen LogP contribution < -0.4 is 10.1 Å². The van der Waals surface area contributed by atoms with E-state index < -0.39 is 0 Å². The van der Waals surface area contributed by atoms with Gasteiger partial charge in [0.1, 0.15) is 5.75 Å². The van der Waals surface area contributed by atoms with Crippen LogP contribution in [-0.2, 0) is 19.6 Å². The molecule has 1 aromatic heterocycles. The molecule has 0 unspecified atom stereocenters. The minimum absolute atomic E-state index is 0.302. The van der Waals surface area contributed by atoms with Gasteiger partial charge in [0.05, 0.1) is 0 Å². The summed E-state index contributed by atoms with van der Waals surface area (Å²) >= 11 is 0. The first-order valence-electron chi connectivity index (χ1n) is 6.85. The van der Waals surface area contributed by atoms with Crippen molar-refractivity contribution in [3.63, 3.8) is 0 Å². The van der Waals surface area contributed by atoms with Crippen molar-refractivity contribution in [3.05, 3.63) is 41.5 Å². The van der Waals surface area contributed by atoms with Gasteiger partial charge in [-0.25, -0.2) is 0 Å². The van der Waals surface area contributed by atoms with Gasteiger partial charge in [-0.05, 0) is 30.7 Å². The maximum atomic E-state index is 5.63. The van der Waals surface area contributed by atoms with Crippen LogP contribution >= 0.6 is 0 Å². The summed E-state index contributed by atoms with van der Waals surface area (Å²) < 4.78 is 10.8. The topological polar surface area (TPSA) is 60.2 Å². The Balaban J connectivity index is 1.86. The predicted molar refractivity (Wildman–Crippen MR) is 76.4 cm³/mol. The van der Waals surface area contributed by atoms with Crippen molar-refractivity contribution in [2.24, 2.45) is 5.92 Å². The third kappa shape index (κ3) is 4.35. The molecule has 1 aromatic carbocycles. The number of benzene rings is 1. The van der Waals surface area contributed by atoms with Crippen molar-refractivity contribution in [3.8, 4) is 5.75 Å². The van der Waals surface area contributed by atoms with Gasteiger partial charge in [0.2, 0.25) is 0 Å². The van der Waals surface area contributed by atoms with Gasteiger partial charge in [-0.2, -0.15) is 4.98 Å². The van der Waals surface area contributed by atoms with Crippen LogP contribution in [0.15, 0.2) is 28.8 Å². The van der Waals surface area contributed by atoms with Gasteiger partial charge >= 0.3 is 0 Å². The highest BCUT2D eigenvalue weighted by molar-refractivity contribution is 5.27. The van der Waals surface area contributed by atoms with E-state index in [1.807, 2.05) is 31.3 Å². The summed E-state index contributed by atoms with van der Waals surface area (Å²) in [7, 11) is 1.93. The Morgan fingerprint density at radius 3 is 2.65 bits per heavy atom. The van der Waals surface area contributed by atoms with Crippen LogP contribution in [0.4, 0.5) is 0 Å². The molecule has 0 amide bonds. The maximum Gasteiger partial charge on any atom is 0.264 e. The van der Waals surface area contributed by atoms with E-state index in [0.29, 0.717) is 18.4 Å². The SMILES string of the molecule is CNCc1ccc(OCc2nc(CC(C)C)no2)cc1. The summed E-state index contributed by atoms with van der Waals surface area (Å²) in [4.78, 5) is 4.30. The molecule has 2 rings (SSSR count). The summed E-state index contributed by atoms with van der Waals surface area (Å²) in [6.07, 6.45) is 0.822. The Kier molecular flexibility index (Phi) is 5.12. The summed E-state index contributed by atoms with van der Waals surface area (Å²) in [5.74, 6) is 2.57. The number of ether oxygens (including phenoxy) is 1. The zero-order valence-electron chi connectivity index (χ0n) is 12.2. The average molecular weight is 275 g/mol. The van der Waals surface area contributed by atoms with Crippen molar-refractivity contribution in [1.82, 2.24) is 15.5 Å². The van der Waals surface area contributed by atoms with E-state index in [4.69, 9.17) is 9.26 Å². The number of hydrogen-bond donors (Lipinski definition) is 1. The number of hydrogen-bond acceptors (Lipinski definition) is 5. The Morgan fingerprint density at radius 1 is 1.25 bits per heavy atom. The minimum Gasteiger partial charge on any atom is -0.484 e. The normalized spacial score (nSPS) is 11.0. The molecule has 20 heavy (non-hydrogen) atoms. The van der Waals surface area contributed by atoms with E-state index in [9.17, 15) is 0 Å². The zero-order chi connectivity index (χ0) is 14.4. The lowest BCUT2D eigenvalue weighted by Crippen LogP contribution is -2.04. The van der Waals surface area contributed by atoms with Gasteiger partial charge in [0.15, 0.2) is 12.4 Å². The fourth-order valence-corrected chi connectivity index (χ4v) is 1.85. The molecule has 1 heterocycles. The first-order chi connectivity index (χ1) is 9.67. The van der Waals surface area contributed by atoms with Gasteiger partial charge in [-0.15, -0.1) is 0 Å². The summed E-state index contributed by atoms with van der Waals surface area (Å²) in [5.41, 5.74) is 1.22. The van der Waals surface area contributed by atoms with Crippen molar-refractivity contribution in [2.75, 3.05) is 7.05 Å². The molecule has 0 saturated heterocycles. The Morgan fingerprint density at radius 2 is 2.00 bits per heavy atom. The average Bonchev–Trinajstić information content (AvgIpc) is 2.85. The van der Waals surface area contributed by atoms with E-state index in [-0.39, 0.29) is 0 Å². The molecule has 0 bridgehead atoms. The molecule has 0 spiro atoms. The summed E-state index contributed by atoms with van der Waals surface area (Å²) in [5, 5.41) is 7.04. The highest BCUT2D eigenvalue weighted by Gasteiger charge is 2.08. The van der Waals surface area contributed by atoms with Crippen LogP contribution in [0.1, 0.15) is 31.1 Å². The predicted octanol–water partition coefficient (Wildman–Crippen LogP) is 2.57. The summed E-state index contributed by atoms with van der Waals surface area (Å²) in [6.45, 7) is 5.40. The van der Waals surface area contributed by atoms with Crippen LogP contribution in [0.2, 0.25) is 0 Å². The number of nitrogens with one attached hydrogen (secondary N) is 1. The molecule has 0 aliphatic carbocycles. The minimum atomic E-state index is 0.302. The second-order valence-corrected chi connectivity index (χ2v) is 5.17. The maximum absolute atomic E-state index is 5.63. The second-order valence-electron chi connectivity index (χ2n) is 5.17. The molecular weight excluding hydrogens is 254 g/mol. The zero-order valence-corrected chi connectivity index (χ0v) is 12.2. The molecule has 5 heteroatoms. The van der Waals surface area contributed by atoms with Crippen LogP contribution in [0.25, 0.3) is 0 Å². The standard InChI is InChI=1S/C15H21N3O2/c1-11(2)8-14-17-15(20-18-14)10-19-13-6-4-12(5-7-13)9-16-3/h4-7,11,16H,8-10H2,1-3H3. The first-order valence-corrected chi connectivity index (χ1v) is 6.85. The van der Waals surface area contributed by atoms with E-state index in [2.05, 4.69) is 29.3 Å². The fourth-order valence-electron chi connectivity index (χ4n) is 1.85. The van der Waals surface area contributed by atoms with Crippen LogP contribution in [-0.4, -0.2) is 17.2 Å². The van der Waals surface area contributed by atoms with Crippen LogP contribution in [0.3, 0.4) is 0 Å². The molecule has 0 radical (unpaired) electrons. The number of nitrogens with zero attached hydrogens (tertiary/aromatic N) is 2. The molecule has 0 aliphatic heterocycles. The van der Waals surface area contributed by atoms with Gasteiger partial charge in [0.25, 0.3) is 5.89 Å². The fraction of sp³-hybridized carbons (Fsp3) is 0.467. The van der Waals surface area contributed by atoms with E-state index in [1.165, 1.54) is 5.56 Å². The van der Waals surface area contributed by atoms with E-state index in [1.54, 1.807) is 0 Å². The van der Waals surface area contributed by atoms with Crippen molar-refractivity contribution < 1.29 is 9.26 Å². The Hall–Kier alpha value is -1.88. The van der Waals surface area contributed by atoms with Crippen molar-refractivity contribution in [2.45, 2.75) is 33.4 Å². The molecule has 0 fully saturated rings. The third-order valence-corrected chi connectivity index (χ3v) is 2.77. The molecule has 0 saturated carbocycles. The van der Waals surface area contributed by atoms with Gasteiger partial charge in [-0.3, -0.25) is 0 Å². The molecule has 1 N–H and O–H groups in total. The molecule has 0 aliphatic rings. The Bertz CT molecular complexity index is 520. The lowest BCUT2D eigenvalue weighted by molar-refractivity contribution is 0.242. The van der Waals surface area contributed by atoms with Gasteiger partial charge in [-0.1, -0.05) is 31.1 Å². The third-order valence-electron chi connectivity index (χ3n) is 2.77. The largest absolute Gasteiger partial charge is 0.484 e. The van der Waals surface area contributed by atoms with Crippen LogP contribution in [0, 0.1) is 5.92 Å². The second kappa shape index (κ2) is 7.05. The quantitative estimate of drug-likeness (QED) is 0.841. The lowest BCUT2D eigenvalue weighted by atomic mass is 10.1. The number of rotatable bonds is 7. The first kappa shape index (κ1) is 14.5. The summed E-state index contributed by atoms with van der Waals surface area (Å²) in [6, 6.07) is 7.95. The number of aromatic nitrogens is 2. The van der Waals surface area contributed by atoms with Gasteiger partial charge in [0, 0.05) is 13.0 Å². The van der Waals surface area contributed by atoms with Crippen molar-refractivity contribution in [1.29, 1.82) is 0 Å². The van der Waals surface area contributed by atoms with E-state index >= 15 is 0 Å². The Labute approximate surface area is 119 Å². The van der Waals surface area contributed by atoms with E-state index in [0.717, 1.165) is 24.5 Å². The smallest absolute Gasteiger partial charge is 0.264 e.